The Morgan fingerprint density at radius 3 is 2.56 bits per heavy atom. The summed E-state index contributed by atoms with van der Waals surface area (Å²) in [7, 11) is 0. The first-order valence-electron chi connectivity index (χ1n) is 8.05. The fraction of sp³-hybridized carbons (Fsp3) is 0.389. The first kappa shape index (κ1) is 19.0. The zero-order chi connectivity index (χ0) is 18.4. The fourth-order valence-electron chi connectivity index (χ4n) is 2.40. The Hall–Kier alpha value is -2.34. The standard InChI is InChI=1S/C18H21ClN2O4/c1-12(2)10-21(11-18(23)24)17(22)8-7-16-20-9-15(25-16)13-3-5-14(19)6-4-13/h3-6,9,12H,7-8,10-11H2,1-2H3,(H,23,24). The number of carboxylic acid groups (broad SMARTS) is 1. The third-order valence-electron chi connectivity index (χ3n) is 3.50. The summed E-state index contributed by atoms with van der Waals surface area (Å²) < 4.78 is 5.66. The monoisotopic (exact) mass is 364 g/mol. The van der Waals surface area contributed by atoms with E-state index in [2.05, 4.69) is 4.98 Å². The van der Waals surface area contributed by atoms with Crippen LogP contribution in [0, 0.1) is 5.92 Å². The van der Waals surface area contributed by atoms with Crippen LogP contribution in [0.15, 0.2) is 34.9 Å². The molecule has 0 radical (unpaired) electrons. The number of carbonyl (C=O) groups excluding carboxylic acids is 1. The summed E-state index contributed by atoms with van der Waals surface area (Å²) in [4.78, 5) is 28.7. The van der Waals surface area contributed by atoms with Gasteiger partial charge in [0.2, 0.25) is 5.91 Å². The smallest absolute Gasteiger partial charge is 0.323 e. The molecule has 1 aromatic heterocycles. The van der Waals surface area contributed by atoms with Crippen molar-refractivity contribution in [2.75, 3.05) is 13.1 Å². The average Bonchev–Trinajstić information content (AvgIpc) is 3.00. The minimum atomic E-state index is -1.02. The van der Waals surface area contributed by atoms with Gasteiger partial charge in [-0.3, -0.25) is 9.59 Å². The van der Waals surface area contributed by atoms with Crippen LogP contribution in [0.25, 0.3) is 11.3 Å². The molecular formula is C18H21ClN2O4. The number of aromatic nitrogens is 1. The van der Waals surface area contributed by atoms with Crippen molar-refractivity contribution < 1.29 is 19.1 Å². The number of benzene rings is 1. The molecule has 0 spiro atoms. The highest BCUT2D eigenvalue weighted by Crippen LogP contribution is 2.22. The zero-order valence-corrected chi connectivity index (χ0v) is 15.0. The number of rotatable bonds is 8. The summed E-state index contributed by atoms with van der Waals surface area (Å²) in [5.41, 5.74) is 0.849. The molecule has 0 aliphatic carbocycles. The molecule has 1 heterocycles. The normalized spacial score (nSPS) is 10.9. The zero-order valence-electron chi connectivity index (χ0n) is 14.2. The van der Waals surface area contributed by atoms with Gasteiger partial charge in [0.1, 0.15) is 6.54 Å². The maximum absolute atomic E-state index is 12.3. The second-order valence-corrected chi connectivity index (χ2v) is 6.62. The van der Waals surface area contributed by atoms with Crippen LogP contribution < -0.4 is 0 Å². The molecule has 0 saturated carbocycles. The Kier molecular flexibility index (Phi) is 6.58. The van der Waals surface area contributed by atoms with Gasteiger partial charge < -0.3 is 14.4 Å². The highest BCUT2D eigenvalue weighted by atomic mass is 35.5. The van der Waals surface area contributed by atoms with Crippen LogP contribution in [0.2, 0.25) is 5.02 Å². The molecule has 1 aromatic carbocycles. The molecule has 6 nitrogen and oxygen atoms in total. The molecular weight excluding hydrogens is 344 g/mol. The first-order chi connectivity index (χ1) is 11.8. The van der Waals surface area contributed by atoms with Gasteiger partial charge in [0.05, 0.1) is 6.20 Å². The van der Waals surface area contributed by atoms with Crippen LogP contribution in [0.5, 0.6) is 0 Å². The van der Waals surface area contributed by atoms with Crippen molar-refractivity contribution in [1.29, 1.82) is 0 Å². The summed E-state index contributed by atoms with van der Waals surface area (Å²) in [5.74, 6) is 0.000784. The van der Waals surface area contributed by atoms with Crippen LogP contribution in [0.4, 0.5) is 0 Å². The highest BCUT2D eigenvalue weighted by Gasteiger charge is 2.18. The highest BCUT2D eigenvalue weighted by molar-refractivity contribution is 6.30. The molecule has 0 aliphatic rings. The SMILES string of the molecule is CC(C)CN(CC(=O)O)C(=O)CCc1ncc(-c2ccc(Cl)cc2)o1. The van der Waals surface area contributed by atoms with E-state index in [4.69, 9.17) is 21.1 Å². The van der Waals surface area contributed by atoms with Crippen molar-refractivity contribution in [3.8, 4) is 11.3 Å². The van der Waals surface area contributed by atoms with Crippen molar-refractivity contribution in [3.05, 3.63) is 41.4 Å². The molecule has 0 bridgehead atoms. The summed E-state index contributed by atoms with van der Waals surface area (Å²) in [6.45, 7) is 3.99. The summed E-state index contributed by atoms with van der Waals surface area (Å²) in [6.07, 6.45) is 2.08. The van der Waals surface area contributed by atoms with E-state index in [1.807, 2.05) is 26.0 Å². The molecule has 134 valence electrons. The van der Waals surface area contributed by atoms with E-state index in [0.717, 1.165) is 5.56 Å². The molecule has 0 fully saturated rings. The molecule has 0 atom stereocenters. The predicted octanol–water partition coefficient (Wildman–Crippen LogP) is 3.50. The van der Waals surface area contributed by atoms with Gasteiger partial charge in [-0.1, -0.05) is 25.4 Å². The Morgan fingerprint density at radius 1 is 1.28 bits per heavy atom. The molecule has 0 unspecified atom stereocenters. The number of amides is 1. The van der Waals surface area contributed by atoms with Crippen LogP contribution >= 0.6 is 11.6 Å². The van der Waals surface area contributed by atoms with Crippen molar-refractivity contribution in [3.63, 3.8) is 0 Å². The number of hydrogen-bond donors (Lipinski definition) is 1. The molecule has 0 aliphatic heterocycles. The van der Waals surface area contributed by atoms with Gasteiger partial charge in [-0.25, -0.2) is 4.98 Å². The summed E-state index contributed by atoms with van der Waals surface area (Å²) in [5, 5.41) is 9.58. The lowest BCUT2D eigenvalue weighted by atomic mass is 10.2. The summed E-state index contributed by atoms with van der Waals surface area (Å²) >= 11 is 5.86. The van der Waals surface area contributed by atoms with E-state index >= 15 is 0 Å². The number of nitrogens with zero attached hydrogens (tertiary/aromatic N) is 2. The third kappa shape index (κ3) is 5.90. The summed E-state index contributed by atoms with van der Waals surface area (Å²) in [6, 6.07) is 7.18. The second-order valence-electron chi connectivity index (χ2n) is 6.19. The van der Waals surface area contributed by atoms with Gasteiger partial charge >= 0.3 is 5.97 Å². The van der Waals surface area contributed by atoms with Crippen molar-refractivity contribution >= 4 is 23.5 Å². The number of halogens is 1. The molecule has 2 rings (SSSR count). The lowest BCUT2D eigenvalue weighted by Crippen LogP contribution is -2.38. The maximum atomic E-state index is 12.3. The van der Waals surface area contributed by atoms with E-state index in [1.165, 1.54) is 4.90 Å². The lowest BCUT2D eigenvalue weighted by molar-refractivity contribution is -0.144. The van der Waals surface area contributed by atoms with Crippen LogP contribution in [-0.4, -0.2) is 40.0 Å². The van der Waals surface area contributed by atoms with Gasteiger partial charge in [-0.15, -0.1) is 0 Å². The Bertz CT molecular complexity index is 725. The number of carbonyl (C=O) groups is 2. The van der Waals surface area contributed by atoms with Crippen LogP contribution in [0.1, 0.15) is 26.2 Å². The number of aliphatic carboxylic acids is 1. The first-order valence-corrected chi connectivity index (χ1v) is 8.43. The molecule has 1 amide bonds. The lowest BCUT2D eigenvalue weighted by Gasteiger charge is -2.22. The van der Waals surface area contributed by atoms with Crippen molar-refractivity contribution in [2.45, 2.75) is 26.7 Å². The molecule has 25 heavy (non-hydrogen) atoms. The van der Waals surface area contributed by atoms with Crippen molar-refractivity contribution in [1.82, 2.24) is 9.88 Å². The Morgan fingerprint density at radius 2 is 1.96 bits per heavy atom. The molecule has 1 N–H and O–H groups in total. The Balaban J connectivity index is 1.96. The van der Waals surface area contributed by atoms with Gasteiger partial charge in [-0.2, -0.15) is 0 Å². The third-order valence-corrected chi connectivity index (χ3v) is 3.75. The number of oxazole rings is 1. The van der Waals surface area contributed by atoms with Crippen LogP contribution in [-0.2, 0) is 16.0 Å². The fourth-order valence-corrected chi connectivity index (χ4v) is 2.53. The minimum Gasteiger partial charge on any atom is -0.480 e. The van der Waals surface area contributed by atoms with Gasteiger partial charge in [0.15, 0.2) is 11.7 Å². The molecule has 2 aromatic rings. The van der Waals surface area contributed by atoms with E-state index in [1.54, 1.807) is 18.3 Å². The number of hydrogen-bond acceptors (Lipinski definition) is 4. The molecule has 0 saturated heterocycles. The topological polar surface area (TPSA) is 83.6 Å². The van der Waals surface area contributed by atoms with E-state index < -0.39 is 5.97 Å². The maximum Gasteiger partial charge on any atom is 0.323 e. The largest absolute Gasteiger partial charge is 0.480 e. The number of aryl methyl sites for hydroxylation is 1. The van der Waals surface area contributed by atoms with E-state index in [9.17, 15) is 9.59 Å². The quantitative estimate of drug-likeness (QED) is 0.775. The van der Waals surface area contributed by atoms with Crippen molar-refractivity contribution in [2.24, 2.45) is 5.92 Å². The Labute approximate surface area is 151 Å². The predicted molar refractivity (Wildman–Crippen MR) is 94.3 cm³/mol. The van der Waals surface area contributed by atoms with Gasteiger partial charge in [-0.05, 0) is 30.2 Å². The second kappa shape index (κ2) is 8.67. The average molecular weight is 365 g/mol. The number of carboxylic acids is 1. The molecule has 7 heteroatoms. The van der Waals surface area contributed by atoms with Crippen LogP contribution in [0.3, 0.4) is 0 Å². The van der Waals surface area contributed by atoms with Gasteiger partial charge in [0.25, 0.3) is 0 Å². The van der Waals surface area contributed by atoms with E-state index in [0.29, 0.717) is 29.6 Å². The van der Waals surface area contributed by atoms with E-state index in [-0.39, 0.29) is 24.8 Å². The van der Waals surface area contributed by atoms with Gasteiger partial charge in [0, 0.05) is 30.0 Å². The minimum absolute atomic E-state index is 0.153.